The molecule has 0 spiro atoms. The highest BCUT2D eigenvalue weighted by atomic mass is 32.2. The van der Waals surface area contributed by atoms with E-state index in [0.717, 1.165) is 18.4 Å². The molecule has 1 aromatic heterocycles. The van der Waals surface area contributed by atoms with Crippen molar-refractivity contribution in [2.75, 3.05) is 18.1 Å². The summed E-state index contributed by atoms with van der Waals surface area (Å²) in [6.45, 7) is 2.52. The first-order valence-corrected chi connectivity index (χ1v) is 14.7. The van der Waals surface area contributed by atoms with E-state index in [-0.39, 0.29) is 35.9 Å². The molecule has 0 radical (unpaired) electrons. The van der Waals surface area contributed by atoms with Crippen LogP contribution in [0.1, 0.15) is 30.9 Å². The van der Waals surface area contributed by atoms with E-state index in [4.69, 9.17) is 4.74 Å². The van der Waals surface area contributed by atoms with Crippen molar-refractivity contribution in [1.29, 1.82) is 0 Å². The van der Waals surface area contributed by atoms with Crippen molar-refractivity contribution in [2.45, 2.75) is 49.2 Å². The van der Waals surface area contributed by atoms with Crippen LogP contribution >= 0.6 is 23.5 Å². The number of carbonyl (C=O) groups is 4. The van der Waals surface area contributed by atoms with Crippen LogP contribution in [0.5, 0.6) is 0 Å². The number of rotatable bonds is 12. The molecule has 0 aliphatic carbocycles. The lowest BCUT2D eigenvalue weighted by Gasteiger charge is -2.49. The number of nitrogens with zero attached hydrogens (tertiary/aromatic N) is 2. The van der Waals surface area contributed by atoms with Gasteiger partial charge in [0.15, 0.2) is 0 Å². The number of amides is 3. The normalized spacial score (nSPS) is 18.0. The lowest BCUT2D eigenvalue weighted by molar-refractivity contribution is -0.150. The van der Waals surface area contributed by atoms with Crippen LogP contribution in [0.15, 0.2) is 57.5 Å². The van der Waals surface area contributed by atoms with Crippen molar-refractivity contribution in [3.63, 3.8) is 0 Å². The van der Waals surface area contributed by atoms with Crippen molar-refractivity contribution in [3.05, 3.63) is 69.1 Å². The number of β-lactam (4-membered cyclic amide) rings is 1. The third-order valence-corrected chi connectivity index (χ3v) is 8.59. The third-order valence-electron chi connectivity index (χ3n) is 6.24. The number of carboxylic acids is 1. The van der Waals surface area contributed by atoms with Gasteiger partial charge in [-0.2, -0.15) is 5.10 Å². The number of thioether (sulfide) groups is 2. The molecule has 0 bridgehead atoms. The lowest BCUT2D eigenvalue weighted by Crippen LogP contribution is -2.70. The summed E-state index contributed by atoms with van der Waals surface area (Å²) in [5.74, 6) is -1.46. The van der Waals surface area contributed by atoms with Crippen LogP contribution in [-0.4, -0.2) is 73.6 Å². The molecule has 1 saturated heterocycles. The molecule has 212 valence electrons. The highest BCUT2D eigenvalue weighted by Gasteiger charge is 2.54. The Morgan fingerprint density at radius 3 is 2.67 bits per heavy atom. The molecule has 4 rings (SSSR count). The largest absolute Gasteiger partial charge is 0.477 e. The fourth-order valence-corrected chi connectivity index (χ4v) is 6.51. The minimum atomic E-state index is -1.22. The number of alkyl carbamates (subject to hydrolysis) is 1. The minimum Gasteiger partial charge on any atom is -0.477 e. The topological polar surface area (TPSA) is 171 Å². The molecule has 0 saturated carbocycles. The van der Waals surface area contributed by atoms with Gasteiger partial charge >= 0.3 is 12.1 Å². The molecule has 2 aliphatic rings. The van der Waals surface area contributed by atoms with Gasteiger partial charge < -0.3 is 20.5 Å². The third kappa shape index (κ3) is 7.04. The maximum absolute atomic E-state index is 13.0. The SMILES string of the molecule is CCCCOC(=O)NCc1ccccc1CC(=O)NC1C(=O)N2C(C(=O)O)=C(CSc3ccc(=O)[nH]n3)CS[C@H]12. The number of nitrogens with one attached hydrogen (secondary N) is 3. The number of hydrogen-bond acceptors (Lipinski definition) is 9. The smallest absolute Gasteiger partial charge is 0.407 e. The maximum atomic E-state index is 13.0. The Labute approximate surface area is 238 Å². The van der Waals surface area contributed by atoms with Crippen molar-refractivity contribution < 1.29 is 29.0 Å². The molecule has 2 aliphatic heterocycles. The van der Waals surface area contributed by atoms with Crippen molar-refractivity contribution in [1.82, 2.24) is 25.7 Å². The zero-order valence-corrected chi connectivity index (χ0v) is 23.3. The highest BCUT2D eigenvalue weighted by Crippen LogP contribution is 2.41. The zero-order valence-electron chi connectivity index (χ0n) is 21.7. The molecule has 1 aromatic carbocycles. The maximum Gasteiger partial charge on any atom is 0.407 e. The van der Waals surface area contributed by atoms with Gasteiger partial charge in [-0.3, -0.25) is 19.3 Å². The first-order chi connectivity index (χ1) is 19.3. The van der Waals surface area contributed by atoms with E-state index in [1.165, 1.54) is 40.6 Å². The Balaban J connectivity index is 1.35. The molecule has 2 aromatic rings. The van der Waals surface area contributed by atoms with Crippen molar-refractivity contribution in [2.24, 2.45) is 0 Å². The van der Waals surface area contributed by atoms with E-state index in [9.17, 15) is 29.1 Å². The highest BCUT2D eigenvalue weighted by molar-refractivity contribution is 8.01. The van der Waals surface area contributed by atoms with Crippen LogP contribution in [-0.2, 0) is 32.1 Å². The summed E-state index contributed by atoms with van der Waals surface area (Å²) in [7, 11) is 0. The number of ether oxygens (including phenoxy) is 1. The number of H-pyrrole nitrogens is 1. The molecule has 12 nitrogen and oxygen atoms in total. The lowest BCUT2D eigenvalue weighted by atomic mass is 10.0. The summed E-state index contributed by atoms with van der Waals surface area (Å²) in [5, 5.41) is 21.5. The van der Waals surface area contributed by atoms with Gasteiger partial charge in [-0.25, -0.2) is 14.7 Å². The molecule has 40 heavy (non-hydrogen) atoms. The van der Waals surface area contributed by atoms with Gasteiger partial charge in [0.05, 0.1) is 13.0 Å². The molecule has 1 fully saturated rings. The quantitative estimate of drug-likeness (QED) is 0.163. The van der Waals surface area contributed by atoms with E-state index in [2.05, 4.69) is 20.8 Å². The molecule has 14 heteroatoms. The summed E-state index contributed by atoms with van der Waals surface area (Å²) in [6.07, 6.45) is 1.14. The number of carboxylic acid groups (broad SMARTS) is 1. The average molecular weight is 588 g/mol. The second kappa shape index (κ2) is 13.5. The minimum absolute atomic E-state index is 0.0143. The van der Waals surface area contributed by atoms with Gasteiger partial charge in [-0.05, 0) is 29.2 Å². The number of aromatic amines is 1. The van der Waals surface area contributed by atoms with Gasteiger partial charge in [0.1, 0.15) is 22.1 Å². The predicted octanol–water partition coefficient (Wildman–Crippen LogP) is 1.87. The number of hydrogen-bond donors (Lipinski definition) is 4. The molecular weight excluding hydrogens is 558 g/mol. The zero-order chi connectivity index (χ0) is 28.6. The van der Waals surface area contributed by atoms with E-state index in [0.29, 0.717) is 28.5 Å². The Morgan fingerprint density at radius 2 is 1.98 bits per heavy atom. The second-order valence-electron chi connectivity index (χ2n) is 9.05. The van der Waals surface area contributed by atoms with E-state index in [1.54, 1.807) is 24.3 Å². The monoisotopic (exact) mass is 587 g/mol. The van der Waals surface area contributed by atoms with Crippen molar-refractivity contribution in [3.8, 4) is 0 Å². The molecule has 4 N–H and O–H groups in total. The van der Waals surface area contributed by atoms with Gasteiger partial charge in [-0.1, -0.05) is 37.6 Å². The van der Waals surface area contributed by atoms with Crippen LogP contribution in [0.3, 0.4) is 0 Å². The van der Waals surface area contributed by atoms with Crippen molar-refractivity contribution >= 4 is 47.4 Å². The molecule has 1 unspecified atom stereocenters. The van der Waals surface area contributed by atoms with Gasteiger partial charge in [0.25, 0.3) is 11.5 Å². The molecule has 3 amide bonds. The van der Waals surface area contributed by atoms with Gasteiger partial charge in [0.2, 0.25) is 5.91 Å². The second-order valence-corrected chi connectivity index (χ2v) is 11.1. The number of benzene rings is 1. The summed E-state index contributed by atoms with van der Waals surface area (Å²) < 4.78 is 5.10. The van der Waals surface area contributed by atoms with Gasteiger partial charge in [-0.15, -0.1) is 23.5 Å². The van der Waals surface area contributed by atoms with Crippen LogP contribution in [0.25, 0.3) is 0 Å². The Bertz CT molecular complexity index is 1360. The van der Waals surface area contributed by atoms with Crippen LogP contribution in [0.2, 0.25) is 0 Å². The Morgan fingerprint density at radius 1 is 1.20 bits per heavy atom. The molecular formula is C26H29N5O7S2. The Hall–Kier alpha value is -3.78. The summed E-state index contributed by atoms with van der Waals surface area (Å²) >= 11 is 2.63. The number of carbonyl (C=O) groups excluding carboxylic acids is 3. The van der Waals surface area contributed by atoms with E-state index >= 15 is 0 Å². The summed E-state index contributed by atoms with van der Waals surface area (Å²) in [6, 6.07) is 9.18. The molecule has 3 heterocycles. The fourth-order valence-electron chi connectivity index (χ4n) is 4.19. The first kappa shape index (κ1) is 29.2. The first-order valence-electron chi connectivity index (χ1n) is 12.6. The van der Waals surface area contributed by atoms with E-state index < -0.39 is 29.4 Å². The number of unbranched alkanes of at least 4 members (excludes halogenated alkanes) is 1. The van der Waals surface area contributed by atoms with Crippen LogP contribution < -0.4 is 16.2 Å². The Kier molecular flexibility index (Phi) is 9.88. The fraction of sp³-hybridized carbons (Fsp3) is 0.385. The van der Waals surface area contributed by atoms with Gasteiger partial charge in [0, 0.05) is 24.1 Å². The number of fused-ring (bicyclic) bond motifs is 1. The van der Waals surface area contributed by atoms with E-state index in [1.807, 2.05) is 6.92 Å². The van der Waals surface area contributed by atoms with Crippen LogP contribution in [0.4, 0.5) is 4.79 Å². The standard InChI is InChI=1S/C26H29N5O7S2/c1-2-3-10-38-26(37)27-12-16-7-5-4-6-15(16)11-19(33)28-21-23(34)31-22(25(35)36)17(14-40-24(21)31)13-39-20-9-8-18(32)29-30-20/h4-9,21,24H,2-3,10-14H2,1H3,(H,27,37)(H,28,33)(H,29,32)(H,35,36)/t21?,24-/m1/s1. The summed E-state index contributed by atoms with van der Waals surface area (Å²) in [5.41, 5.74) is 1.56. The summed E-state index contributed by atoms with van der Waals surface area (Å²) in [4.78, 5) is 62.3. The average Bonchev–Trinajstić information content (AvgIpc) is 2.94. The predicted molar refractivity (Wildman–Crippen MR) is 149 cm³/mol. The number of aliphatic carboxylic acids is 1. The number of aromatic nitrogens is 2. The molecule has 2 atom stereocenters. The van der Waals surface area contributed by atoms with Crippen LogP contribution in [0, 0.1) is 0 Å².